The molecule has 0 saturated heterocycles. The van der Waals surface area contributed by atoms with Gasteiger partial charge in [0.05, 0.1) is 6.61 Å². The fraction of sp³-hybridized carbons (Fsp3) is 1.00. The molecule has 0 aromatic rings. The first-order valence-corrected chi connectivity index (χ1v) is 3.62. The highest BCUT2D eigenvalue weighted by atomic mass is 16.3. The van der Waals surface area contributed by atoms with E-state index in [4.69, 9.17) is 10.8 Å². The van der Waals surface area contributed by atoms with Gasteiger partial charge in [0.1, 0.15) is 0 Å². The van der Waals surface area contributed by atoms with Crippen molar-refractivity contribution in [3.05, 3.63) is 0 Å². The molecule has 2 heteroatoms. The van der Waals surface area contributed by atoms with E-state index in [1.807, 2.05) is 0 Å². The summed E-state index contributed by atoms with van der Waals surface area (Å²) < 4.78 is 0. The summed E-state index contributed by atoms with van der Waals surface area (Å²) >= 11 is 0. The third kappa shape index (κ3) is 2.82. The number of hydrogen-bond donors (Lipinski definition) is 2. The van der Waals surface area contributed by atoms with Gasteiger partial charge in [0, 0.05) is 6.04 Å². The molecule has 0 aromatic heterocycles. The fourth-order valence-corrected chi connectivity index (χ4v) is 1.04. The maximum atomic E-state index is 8.64. The molecule has 0 aliphatic heterocycles. The van der Waals surface area contributed by atoms with Crippen LogP contribution in [0.25, 0.3) is 0 Å². The molecule has 0 aliphatic rings. The van der Waals surface area contributed by atoms with Gasteiger partial charge >= 0.3 is 0 Å². The molecule has 0 bridgehead atoms. The number of nitrogens with two attached hydrogens (primary N) is 1. The number of aliphatic hydroxyl groups is 1. The summed E-state index contributed by atoms with van der Waals surface area (Å²) in [4.78, 5) is 0. The van der Waals surface area contributed by atoms with Gasteiger partial charge in [-0.1, -0.05) is 26.7 Å². The van der Waals surface area contributed by atoms with Gasteiger partial charge in [0.25, 0.3) is 0 Å². The summed E-state index contributed by atoms with van der Waals surface area (Å²) in [7, 11) is 0. The molecule has 9 heavy (non-hydrogen) atoms. The van der Waals surface area contributed by atoms with E-state index in [0.717, 1.165) is 12.8 Å². The van der Waals surface area contributed by atoms with Crippen LogP contribution < -0.4 is 5.73 Å². The van der Waals surface area contributed by atoms with Crippen LogP contribution in [0, 0.1) is 5.92 Å². The third-order valence-electron chi connectivity index (χ3n) is 1.87. The molecular weight excluding hydrogens is 114 g/mol. The van der Waals surface area contributed by atoms with E-state index < -0.39 is 0 Å². The van der Waals surface area contributed by atoms with Crippen LogP contribution in [-0.4, -0.2) is 17.8 Å². The average Bonchev–Trinajstić information content (AvgIpc) is 1.90. The van der Waals surface area contributed by atoms with Gasteiger partial charge in [-0.25, -0.2) is 0 Å². The van der Waals surface area contributed by atoms with Crippen LogP contribution in [0.1, 0.15) is 26.7 Å². The lowest BCUT2D eigenvalue weighted by molar-refractivity contribution is 0.220. The Bertz CT molecular complexity index is 61.9. The molecule has 0 saturated carbocycles. The maximum absolute atomic E-state index is 8.64. The normalized spacial score (nSPS) is 14.3. The number of rotatable bonds is 4. The van der Waals surface area contributed by atoms with Crippen molar-refractivity contribution in [2.75, 3.05) is 6.61 Å². The Kier molecular flexibility index (Phi) is 4.72. The minimum absolute atomic E-state index is 0.0139. The predicted octanol–water partition coefficient (Wildman–Crippen LogP) is 0.742. The van der Waals surface area contributed by atoms with Gasteiger partial charge in [-0.15, -0.1) is 0 Å². The van der Waals surface area contributed by atoms with Crippen LogP contribution in [0.5, 0.6) is 0 Å². The molecule has 1 atom stereocenters. The summed E-state index contributed by atoms with van der Waals surface area (Å²) in [5.74, 6) is 0.495. The first-order chi connectivity index (χ1) is 4.26. The second-order valence-corrected chi connectivity index (χ2v) is 2.42. The first kappa shape index (κ1) is 8.92. The van der Waals surface area contributed by atoms with Crippen molar-refractivity contribution in [2.45, 2.75) is 32.7 Å². The van der Waals surface area contributed by atoms with E-state index >= 15 is 0 Å². The lowest BCUT2D eigenvalue weighted by atomic mass is 9.96. The Labute approximate surface area is 57.1 Å². The van der Waals surface area contributed by atoms with Crippen molar-refractivity contribution in [1.82, 2.24) is 0 Å². The average molecular weight is 131 g/mol. The van der Waals surface area contributed by atoms with E-state index in [-0.39, 0.29) is 12.6 Å². The third-order valence-corrected chi connectivity index (χ3v) is 1.87. The van der Waals surface area contributed by atoms with Crippen molar-refractivity contribution in [3.63, 3.8) is 0 Å². The van der Waals surface area contributed by atoms with Gasteiger partial charge in [-0.3, -0.25) is 0 Å². The van der Waals surface area contributed by atoms with Gasteiger partial charge < -0.3 is 10.8 Å². The van der Waals surface area contributed by atoms with E-state index in [1.54, 1.807) is 0 Å². The van der Waals surface area contributed by atoms with E-state index in [2.05, 4.69) is 13.8 Å². The molecule has 3 N–H and O–H groups in total. The molecule has 0 aliphatic carbocycles. The zero-order valence-corrected chi connectivity index (χ0v) is 6.30. The van der Waals surface area contributed by atoms with Crippen LogP contribution in [-0.2, 0) is 0 Å². The molecular formula is C7H17NO. The van der Waals surface area contributed by atoms with Crippen LogP contribution >= 0.6 is 0 Å². The number of hydrogen-bond acceptors (Lipinski definition) is 2. The van der Waals surface area contributed by atoms with Gasteiger partial charge in [0.15, 0.2) is 0 Å². The molecule has 0 radical (unpaired) electrons. The molecule has 0 unspecified atom stereocenters. The summed E-state index contributed by atoms with van der Waals surface area (Å²) in [5.41, 5.74) is 5.59. The lowest BCUT2D eigenvalue weighted by Crippen LogP contribution is -2.32. The maximum Gasteiger partial charge on any atom is 0.0585 e. The monoisotopic (exact) mass is 131 g/mol. The van der Waals surface area contributed by atoms with Crippen LogP contribution in [0.2, 0.25) is 0 Å². The highest BCUT2D eigenvalue weighted by Crippen LogP contribution is 2.09. The standard InChI is InChI=1S/C7H17NO/c1-3-6(4-2)7(8)5-9/h6-7,9H,3-5,8H2,1-2H3/t7-/m1/s1. The largest absolute Gasteiger partial charge is 0.395 e. The van der Waals surface area contributed by atoms with Crippen molar-refractivity contribution < 1.29 is 5.11 Å². The molecule has 56 valence electrons. The fourth-order valence-electron chi connectivity index (χ4n) is 1.04. The van der Waals surface area contributed by atoms with Crippen molar-refractivity contribution in [3.8, 4) is 0 Å². The minimum Gasteiger partial charge on any atom is -0.395 e. The molecule has 0 fully saturated rings. The molecule has 0 heterocycles. The quantitative estimate of drug-likeness (QED) is 0.591. The van der Waals surface area contributed by atoms with Gasteiger partial charge in [0.2, 0.25) is 0 Å². The van der Waals surface area contributed by atoms with E-state index in [0.29, 0.717) is 5.92 Å². The Morgan fingerprint density at radius 1 is 1.33 bits per heavy atom. The van der Waals surface area contributed by atoms with Crippen LogP contribution in [0.15, 0.2) is 0 Å². The minimum atomic E-state index is -0.0139. The topological polar surface area (TPSA) is 46.2 Å². The Balaban J connectivity index is 3.50. The SMILES string of the molecule is CCC(CC)[C@H](N)CO. The van der Waals surface area contributed by atoms with Crippen LogP contribution in [0.4, 0.5) is 0 Å². The zero-order chi connectivity index (χ0) is 7.28. The molecule has 0 rings (SSSR count). The summed E-state index contributed by atoms with van der Waals surface area (Å²) in [6, 6.07) is -0.0139. The second kappa shape index (κ2) is 4.77. The van der Waals surface area contributed by atoms with Gasteiger partial charge in [-0.2, -0.15) is 0 Å². The number of aliphatic hydroxyl groups excluding tert-OH is 1. The first-order valence-electron chi connectivity index (χ1n) is 3.62. The zero-order valence-electron chi connectivity index (χ0n) is 6.30. The summed E-state index contributed by atoms with van der Waals surface area (Å²) in [6.07, 6.45) is 2.14. The van der Waals surface area contributed by atoms with Crippen LogP contribution in [0.3, 0.4) is 0 Å². The molecule has 0 amide bonds. The highest BCUT2D eigenvalue weighted by Gasteiger charge is 2.11. The Hall–Kier alpha value is -0.0800. The summed E-state index contributed by atoms with van der Waals surface area (Å²) in [5, 5.41) is 8.64. The summed E-state index contributed by atoms with van der Waals surface area (Å²) in [6.45, 7) is 4.32. The second-order valence-electron chi connectivity index (χ2n) is 2.42. The van der Waals surface area contributed by atoms with Crippen molar-refractivity contribution in [2.24, 2.45) is 11.7 Å². The molecule has 0 aromatic carbocycles. The predicted molar refractivity (Wildman–Crippen MR) is 39.1 cm³/mol. The molecule has 0 spiro atoms. The van der Waals surface area contributed by atoms with E-state index in [1.165, 1.54) is 0 Å². The lowest BCUT2D eigenvalue weighted by Gasteiger charge is -2.17. The smallest absolute Gasteiger partial charge is 0.0585 e. The molecule has 2 nitrogen and oxygen atoms in total. The van der Waals surface area contributed by atoms with Crippen molar-refractivity contribution >= 4 is 0 Å². The Morgan fingerprint density at radius 2 is 1.78 bits per heavy atom. The van der Waals surface area contributed by atoms with Crippen molar-refractivity contribution in [1.29, 1.82) is 0 Å². The highest BCUT2D eigenvalue weighted by molar-refractivity contribution is 4.68. The van der Waals surface area contributed by atoms with E-state index in [9.17, 15) is 0 Å². The van der Waals surface area contributed by atoms with Gasteiger partial charge in [-0.05, 0) is 5.92 Å². The Morgan fingerprint density at radius 3 is 1.89 bits per heavy atom.